The van der Waals surface area contributed by atoms with E-state index in [1.807, 2.05) is 34.6 Å². The molecule has 2 saturated carbocycles. The van der Waals surface area contributed by atoms with Crippen molar-refractivity contribution in [3.8, 4) is 0 Å². The summed E-state index contributed by atoms with van der Waals surface area (Å²) in [5.41, 5.74) is -0.791. The number of nitrogens with zero attached hydrogens (tertiary/aromatic N) is 1. The second-order valence-corrected chi connectivity index (χ2v) is 13.9. The maximum atomic E-state index is 13.7. The van der Waals surface area contributed by atoms with Gasteiger partial charge in [-0.2, -0.15) is 0 Å². The molecule has 0 bridgehead atoms. The zero-order valence-electron chi connectivity index (χ0n) is 25.4. The number of nitrogens with one attached hydrogen (secondary N) is 2. The van der Waals surface area contributed by atoms with Gasteiger partial charge in [0.1, 0.15) is 11.6 Å². The topological polar surface area (TPSA) is 122 Å². The maximum absolute atomic E-state index is 13.7. The number of carbonyl (C=O) groups is 5. The quantitative estimate of drug-likeness (QED) is 0.214. The van der Waals surface area contributed by atoms with Crippen LogP contribution in [0, 0.1) is 28.6 Å². The summed E-state index contributed by atoms with van der Waals surface area (Å²) in [5.74, 6) is -2.59. The number of esters is 1. The van der Waals surface area contributed by atoms with E-state index in [-0.39, 0.29) is 53.9 Å². The normalized spacial score (nSPS) is 25.8. The number of hydrogen-bond acceptors (Lipinski definition) is 6. The van der Waals surface area contributed by atoms with E-state index in [2.05, 4.69) is 31.1 Å². The van der Waals surface area contributed by atoms with E-state index in [0.29, 0.717) is 13.0 Å². The minimum atomic E-state index is -1.06. The first-order valence-electron chi connectivity index (χ1n) is 14.8. The van der Waals surface area contributed by atoms with Gasteiger partial charge in [0.05, 0.1) is 12.5 Å². The lowest BCUT2D eigenvalue weighted by atomic mass is 9.81. The fraction of sp³-hybridized carbons (Fsp3) is 0.774. The SMILES string of the molecule is C=CCCC(NC(=O)[C@@H]1[C@@H]2[C@H](CN1C(=O)[C@@H](C)C(C)(C)C)C2(C)C)C(=O)C(=O)NCCC(=O)OC1(C)CCCC1. The molecule has 1 heterocycles. The van der Waals surface area contributed by atoms with Crippen molar-refractivity contribution >= 4 is 29.5 Å². The highest BCUT2D eigenvalue weighted by atomic mass is 16.6. The van der Waals surface area contributed by atoms with E-state index in [9.17, 15) is 24.0 Å². The van der Waals surface area contributed by atoms with Crippen molar-refractivity contribution in [2.45, 2.75) is 111 Å². The van der Waals surface area contributed by atoms with Gasteiger partial charge in [-0.15, -0.1) is 6.58 Å². The molecule has 1 aliphatic heterocycles. The fourth-order valence-corrected chi connectivity index (χ4v) is 6.32. The van der Waals surface area contributed by atoms with Gasteiger partial charge in [-0.25, -0.2) is 0 Å². The molecule has 0 aromatic carbocycles. The van der Waals surface area contributed by atoms with Gasteiger partial charge in [-0.3, -0.25) is 24.0 Å². The Labute approximate surface area is 239 Å². The lowest BCUT2D eigenvalue weighted by Gasteiger charge is -2.36. The number of ketones is 1. The van der Waals surface area contributed by atoms with Crippen LogP contribution in [-0.4, -0.2) is 65.1 Å². The Balaban J connectivity index is 1.63. The third-order valence-corrected chi connectivity index (χ3v) is 9.58. The molecule has 40 heavy (non-hydrogen) atoms. The van der Waals surface area contributed by atoms with Crippen molar-refractivity contribution in [3.05, 3.63) is 12.7 Å². The summed E-state index contributed by atoms with van der Waals surface area (Å²) in [6, 6.07) is -1.75. The number of carbonyl (C=O) groups excluding carboxylic acids is 5. The summed E-state index contributed by atoms with van der Waals surface area (Å²) in [5, 5.41) is 5.31. The van der Waals surface area contributed by atoms with E-state index in [0.717, 1.165) is 25.7 Å². The fourth-order valence-electron chi connectivity index (χ4n) is 6.32. The lowest BCUT2D eigenvalue weighted by molar-refractivity contribution is -0.157. The predicted octanol–water partition coefficient (Wildman–Crippen LogP) is 3.55. The summed E-state index contributed by atoms with van der Waals surface area (Å²) in [6.07, 6.45) is 5.90. The van der Waals surface area contributed by atoms with Crippen LogP contribution < -0.4 is 10.6 Å². The first-order chi connectivity index (χ1) is 18.5. The Bertz CT molecular complexity index is 1020. The largest absolute Gasteiger partial charge is 0.459 e. The first kappa shape index (κ1) is 31.8. The van der Waals surface area contributed by atoms with Gasteiger partial charge in [-0.05, 0) is 68.1 Å². The van der Waals surface area contributed by atoms with Crippen LogP contribution in [0.1, 0.15) is 93.4 Å². The standard InChI is InChI=1S/C31H49N3O6/c1-9-10-13-21(25(36)27(38)32-17-14-22(35)40-31(8)15-11-12-16-31)33-26(37)24-23-20(30(23,6)7)18-34(24)28(39)19(2)29(3,4)5/h9,19-21,23-24H,1,10-18H2,2-8H3,(H,32,38)(H,33,37)/t19-,20+,21?,23+,24+/m1/s1. The van der Waals surface area contributed by atoms with Crippen molar-refractivity contribution in [1.82, 2.24) is 15.5 Å². The predicted molar refractivity (Wildman–Crippen MR) is 152 cm³/mol. The van der Waals surface area contributed by atoms with E-state index in [4.69, 9.17) is 4.74 Å². The minimum absolute atomic E-state index is 0.000315. The van der Waals surface area contributed by atoms with Gasteiger partial charge in [0.2, 0.25) is 17.6 Å². The van der Waals surface area contributed by atoms with Gasteiger partial charge in [0.25, 0.3) is 5.91 Å². The molecule has 0 aromatic heterocycles. The third kappa shape index (κ3) is 6.95. The molecule has 3 fully saturated rings. The van der Waals surface area contributed by atoms with Crippen molar-refractivity contribution in [1.29, 1.82) is 0 Å². The molecule has 1 saturated heterocycles. The maximum Gasteiger partial charge on any atom is 0.308 e. The number of hydrogen-bond donors (Lipinski definition) is 2. The molecule has 5 atom stereocenters. The number of Topliss-reactive ketones (excluding diaryl/α,β-unsaturated/α-hetero) is 1. The average Bonchev–Trinajstić information content (AvgIpc) is 3.23. The van der Waals surface area contributed by atoms with Crippen molar-refractivity contribution in [2.75, 3.05) is 13.1 Å². The summed E-state index contributed by atoms with van der Waals surface area (Å²) in [7, 11) is 0. The van der Waals surface area contributed by atoms with Crippen LogP contribution in [0.25, 0.3) is 0 Å². The Hall–Kier alpha value is -2.71. The van der Waals surface area contributed by atoms with Crippen LogP contribution in [0.4, 0.5) is 0 Å². The van der Waals surface area contributed by atoms with Crippen LogP contribution in [-0.2, 0) is 28.7 Å². The number of allylic oxidation sites excluding steroid dienone is 1. The molecule has 3 aliphatic rings. The smallest absolute Gasteiger partial charge is 0.308 e. The zero-order valence-corrected chi connectivity index (χ0v) is 25.4. The average molecular weight is 560 g/mol. The second-order valence-electron chi connectivity index (χ2n) is 13.9. The molecule has 0 radical (unpaired) electrons. The van der Waals surface area contributed by atoms with Crippen LogP contribution in [0.5, 0.6) is 0 Å². The number of amides is 3. The number of likely N-dealkylation sites (tertiary alicyclic amines) is 1. The summed E-state index contributed by atoms with van der Waals surface area (Å²) in [4.78, 5) is 66.9. The molecule has 1 unspecified atom stereocenters. The highest BCUT2D eigenvalue weighted by Gasteiger charge is 2.69. The molecular formula is C31H49N3O6. The highest BCUT2D eigenvalue weighted by Crippen LogP contribution is 2.65. The third-order valence-electron chi connectivity index (χ3n) is 9.58. The number of rotatable bonds is 12. The lowest BCUT2D eigenvalue weighted by Crippen LogP contribution is -2.56. The molecule has 3 amide bonds. The van der Waals surface area contributed by atoms with Crippen LogP contribution in [0.15, 0.2) is 12.7 Å². The molecular weight excluding hydrogens is 510 g/mol. The van der Waals surface area contributed by atoms with Crippen LogP contribution in [0.2, 0.25) is 0 Å². The van der Waals surface area contributed by atoms with Crippen molar-refractivity contribution in [2.24, 2.45) is 28.6 Å². The van der Waals surface area contributed by atoms with Crippen molar-refractivity contribution in [3.63, 3.8) is 0 Å². The molecule has 0 spiro atoms. The van der Waals surface area contributed by atoms with Crippen molar-refractivity contribution < 1.29 is 28.7 Å². The van der Waals surface area contributed by atoms with Gasteiger partial charge in [0, 0.05) is 19.0 Å². The molecule has 2 N–H and O–H groups in total. The van der Waals surface area contributed by atoms with E-state index in [1.54, 1.807) is 11.0 Å². The number of ether oxygens (including phenoxy) is 1. The van der Waals surface area contributed by atoms with E-state index in [1.165, 1.54) is 0 Å². The van der Waals surface area contributed by atoms with Gasteiger partial charge >= 0.3 is 5.97 Å². The summed E-state index contributed by atoms with van der Waals surface area (Å²) >= 11 is 0. The van der Waals surface area contributed by atoms with E-state index >= 15 is 0 Å². The number of piperidine rings is 1. The van der Waals surface area contributed by atoms with Gasteiger partial charge in [-0.1, -0.05) is 47.6 Å². The Morgan fingerprint density at radius 3 is 2.30 bits per heavy atom. The van der Waals surface area contributed by atoms with Crippen LogP contribution >= 0.6 is 0 Å². The monoisotopic (exact) mass is 559 g/mol. The Morgan fingerprint density at radius 1 is 1.10 bits per heavy atom. The first-order valence-corrected chi connectivity index (χ1v) is 14.8. The van der Waals surface area contributed by atoms with E-state index < -0.39 is 41.3 Å². The van der Waals surface area contributed by atoms with Gasteiger partial charge < -0.3 is 20.3 Å². The molecule has 2 aliphatic carbocycles. The zero-order chi connectivity index (χ0) is 30.0. The second kappa shape index (κ2) is 12.0. The van der Waals surface area contributed by atoms with Gasteiger partial charge in [0.15, 0.2) is 0 Å². The minimum Gasteiger partial charge on any atom is -0.459 e. The number of fused-ring (bicyclic) bond motifs is 1. The summed E-state index contributed by atoms with van der Waals surface area (Å²) in [6.45, 7) is 18.2. The molecule has 0 aromatic rings. The molecule has 9 heteroatoms. The molecule has 3 rings (SSSR count). The molecule has 9 nitrogen and oxygen atoms in total. The van der Waals surface area contributed by atoms with Crippen LogP contribution in [0.3, 0.4) is 0 Å². The Kier molecular flexibility index (Phi) is 9.57. The summed E-state index contributed by atoms with van der Waals surface area (Å²) < 4.78 is 5.57. The Morgan fingerprint density at radius 2 is 1.73 bits per heavy atom. The highest BCUT2D eigenvalue weighted by molar-refractivity contribution is 6.38. The molecule has 224 valence electrons.